The number of esters is 1. The molecule has 0 aliphatic carbocycles. The number of nitrogens with zero attached hydrogens (tertiary/aromatic N) is 2. The van der Waals surface area contributed by atoms with Crippen LogP contribution in [-0.4, -0.2) is 30.5 Å². The SMILES string of the molecule is CCCCOC(=O)CC1=NC=NC1=O. The molecular formula is C9H12N2O3. The lowest BCUT2D eigenvalue weighted by molar-refractivity contribution is -0.142. The van der Waals surface area contributed by atoms with Crippen LogP contribution in [-0.2, 0) is 14.3 Å². The number of hydrogen-bond acceptors (Lipinski definition) is 4. The highest BCUT2D eigenvalue weighted by atomic mass is 16.5. The molecular weight excluding hydrogens is 184 g/mol. The van der Waals surface area contributed by atoms with E-state index in [9.17, 15) is 9.59 Å². The van der Waals surface area contributed by atoms with Gasteiger partial charge in [-0.05, 0) is 6.42 Å². The zero-order chi connectivity index (χ0) is 10.4. The van der Waals surface area contributed by atoms with Crippen LogP contribution in [0.3, 0.4) is 0 Å². The molecule has 0 saturated carbocycles. The highest BCUT2D eigenvalue weighted by molar-refractivity contribution is 6.46. The maximum atomic E-state index is 11.1. The van der Waals surface area contributed by atoms with Gasteiger partial charge in [0.25, 0.3) is 5.91 Å². The van der Waals surface area contributed by atoms with Gasteiger partial charge in [-0.1, -0.05) is 13.3 Å². The van der Waals surface area contributed by atoms with E-state index in [0.717, 1.165) is 19.2 Å². The Labute approximate surface area is 81.9 Å². The zero-order valence-corrected chi connectivity index (χ0v) is 8.02. The lowest BCUT2D eigenvalue weighted by Gasteiger charge is -2.01. The molecule has 0 spiro atoms. The maximum Gasteiger partial charge on any atom is 0.312 e. The fourth-order valence-electron chi connectivity index (χ4n) is 0.920. The van der Waals surface area contributed by atoms with Gasteiger partial charge in [-0.2, -0.15) is 4.99 Å². The molecule has 1 rings (SSSR count). The van der Waals surface area contributed by atoms with Crippen molar-refractivity contribution in [1.82, 2.24) is 0 Å². The third-order valence-corrected chi connectivity index (χ3v) is 1.71. The van der Waals surface area contributed by atoms with Gasteiger partial charge in [0.2, 0.25) is 0 Å². The molecule has 0 unspecified atom stereocenters. The fourth-order valence-corrected chi connectivity index (χ4v) is 0.920. The molecule has 0 saturated heterocycles. The molecule has 0 fully saturated rings. The number of unbranched alkanes of at least 4 members (excludes halogenated alkanes) is 1. The average Bonchev–Trinajstić information content (AvgIpc) is 2.52. The van der Waals surface area contributed by atoms with Gasteiger partial charge in [0.1, 0.15) is 12.1 Å². The highest BCUT2D eigenvalue weighted by Gasteiger charge is 2.18. The predicted molar refractivity (Wildman–Crippen MR) is 51.4 cm³/mol. The Hall–Kier alpha value is -1.52. The number of aliphatic imine (C=N–C) groups is 2. The topological polar surface area (TPSA) is 68.1 Å². The van der Waals surface area contributed by atoms with Gasteiger partial charge in [-0.15, -0.1) is 0 Å². The molecule has 0 N–H and O–H groups in total. The molecule has 1 heterocycles. The minimum Gasteiger partial charge on any atom is -0.465 e. The number of ether oxygens (including phenoxy) is 1. The first kappa shape index (κ1) is 10.6. The number of hydrogen-bond donors (Lipinski definition) is 0. The Balaban J connectivity index is 2.24. The van der Waals surface area contributed by atoms with Crippen molar-refractivity contribution in [2.45, 2.75) is 26.2 Å². The Bertz CT molecular complexity index is 294. The molecule has 14 heavy (non-hydrogen) atoms. The zero-order valence-electron chi connectivity index (χ0n) is 8.02. The van der Waals surface area contributed by atoms with Gasteiger partial charge in [0.05, 0.1) is 13.0 Å². The molecule has 0 bridgehead atoms. The van der Waals surface area contributed by atoms with Crippen LogP contribution in [0.15, 0.2) is 9.98 Å². The van der Waals surface area contributed by atoms with E-state index in [1.165, 1.54) is 0 Å². The summed E-state index contributed by atoms with van der Waals surface area (Å²) in [5.74, 6) is -0.867. The quantitative estimate of drug-likeness (QED) is 0.480. The van der Waals surface area contributed by atoms with E-state index >= 15 is 0 Å². The van der Waals surface area contributed by atoms with Crippen LogP contribution in [0.25, 0.3) is 0 Å². The molecule has 5 nitrogen and oxygen atoms in total. The summed E-state index contributed by atoms with van der Waals surface area (Å²) in [5, 5.41) is 0. The first-order valence-corrected chi connectivity index (χ1v) is 4.53. The number of carbonyl (C=O) groups is 2. The number of rotatable bonds is 5. The van der Waals surface area contributed by atoms with Crippen LogP contribution in [0.2, 0.25) is 0 Å². The van der Waals surface area contributed by atoms with Gasteiger partial charge in [0.15, 0.2) is 0 Å². The monoisotopic (exact) mass is 196 g/mol. The van der Waals surface area contributed by atoms with Gasteiger partial charge in [-0.3, -0.25) is 9.59 Å². The van der Waals surface area contributed by atoms with Crippen molar-refractivity contribution in [2.24, 2.45) is 9.98 Å². The lowest BCUT2D eigenvalue weighted by Crippen LogP contribution is -2.16. The van der Waals surface area contributed by atoms with Crippen molar-refractivity contribution < 1.29 is 14.3 Å². The van der Waals surface area contributed by atoms with Crippen LogP contribution in [0.4, 0.5) is 0 Å². The first-order chi connectivity index (χ1) is 6.74. The summed E-state index contributed by atoms with van der Waals surface area (Å²) in [6, 6.07) is 0. The van der Waals surface area contributed by atoms with Crippen molar-refractivity contribution in [1.29, 1.82) is 0 Å². The van der Waals surface area contributed by atoms with E-state index in [1.807, 2.05) is 6.92 Å². The molecule has 0 atom stereocenters. The standard InChI is InChI=1S/C9H12N2O3/c1-2-3-4-14-8(12)5-7-9(13)11-6-10-7/h6H,2-5H2,1H3. The van der Waals surface area contributed by atoms with E-state index < -0.39 is 11.9 Å². The molecule has 76 valence electrons. The third-order valence-electron chi connectivity index (χ3n) is 1.71. The number of carbonyl (C=O) groups excluding carboxylic acids is 2. The minimum absolute atomic E-state index is 0.0808. The van der Waals surface area contributed by atoms with E-state index in [1.54, 1.807) is 0 Å². The van der Waals surface area contributed by atoms with Crippen molar-refractivity contribution in [3.8, 4) is 0 Å². The highest BCUT2D eigenvalue weighted by Crippen LogP contribution is 1.99. The second-order valence-electron chi connectivity index (χ2n) is 2.88. The molecule has 1 aliphatic heterocycles. The molecule has 1 amide bonds. The molecule has 0 aromatic carbocycles. The van der Waals surface area contributed by atoms with Crippen LogP contribution in [0, 0.1) is 0 Å². The summed E-state index contributed by atoms with van der Waals surface area (Å²) in [6.45, 7) is 2.41. The molecule has 0 radical (unpaired) electrons. The van der Waals surface area contributed by atoms with Crippen molar-refractivity contribution in [3.05, 3.63) is 0 Å². The summed E-state index contributed by atoms with van der Waals surface area (Å²) in [7, 11) is 0. The first-order valence-electron chi connectivity index (χ1n) is 4.53. The summed E-state index contributed by atoms with van der Waals surface area (Å²) < 4.78 is 4.87. The summed E-state index contributed by atoms with van der Waals surface area (Å²) in [4.78, 5) is 29.1. The van der Waals surface area contributed by atoms with E-state index in [2.05, 4.69) is 9.98 Å². The minimum atomic E-state index is -0.447. The Morgan fingerprint density at radius 1 is 1.57 bits per heavy atom. The Morgan fingerprint density at radius 3 is 2.93 bits per heavy atom. The predicted octanol–water partition coefficient (Wildman–Crippen LogP) is 0.729. The summed E-state index contributed by atoms with van der Waals surface area (Å²) in [5.41, 5.74) is 0.159. The number of amides is 1. The van der Waals surface area contributed by atoms with Crippen molar-refractivity contribution in [3.63, 3.8) is 0 Å². The molecule has 5 heteroatoms. The maximum absolute atomic E-state index is 11.1. The largest absolute Gasteiger partial charge is 0.465 e. The van der Waals surface area contributed by atoms with Crippen LogP contribution >= 0.6 is 0 Å². The molecule has 0 aromatic rings. The Kier molecular flexibility index (Phi) is 3.97. The van der Waals surface area contributed by atoms with Gasteiger partial charge in [0, 0.05) is 0 Å². The summed E-state index contributed by atoms with van der Waals surface area (Å²) >= 11 is 0. The Morgan fingerprint density at radius 2 is 2.36 bits per heavy atom. The third kappa shape index (κ3) is 3.08. The fraction of sp³-hybridized carbons (Fsp3) is 0.556. The van der Waals surface area contributed by atoms with Gasteiger partial charge in [-0.25, -0.2) is 4.99 Å². The molecule has 1 aliphatic rings. The van der Waals surface area contributed by atoms with E-state index in [0.29, 0.717) is 6.61 Å². The van der Waals surface area contributed by atoms with Gasteiger partial charge >= 0.3 is 5.97 Å². The van der Waals surface area contributed by atoms with Crippen LogP contribution < -0.4 is 0 Å². The lowest BCUT2D eigenvalue weighted by atomic mass is 10.2. The normalized spacial score (nSPS) is 14.4. The van der Waals surface area contributed by atoms with E-state index in [-0.39, 0.29) is 12.1 Å². The van der Waals surface area contributed by atoms with Crippen LogP contribution in [0.5, 0.6) is 0 Å². The van der Waals surface area contributed by atoms with Crippen LogP contribution in [0.1, 0.15) is 26.2 Å². The summed E-state index contributed by atoms with van der Waals surface area (Å²) in [6.07, 6.45) is 2.87. The second-order valence-corrected chi connectivity index (χ2v) is 2.88. The van der Waals surface area contributed by atoms with Crippen molar-refractivity contribution in [2.75, 3.05) is 6.61 Å². The van der Waals surface area contributed by atoms with E-state index in [4.69, 9.17) is 4.74 Å². The average molecular weight is 196 g/mol. The van der Waals surface area contributed by atoms with Gasteiger partial charge < -0.3 is 4.74 Å². The smallest absolute Gasteiger partial charge is 0.312 e. The molecule has 0 aromatic heterocycles. The van der Waals surface area contributed by atoms with Crippen molar-refractivity contribution >= 4 is 23.9 Å². The second kappa shape index (κ2) is 5.26.